The molecule has 16 nitrogen and oxygen atoms in total. The van der Waals surface area contributed by atoms with Gasteiger partial charge in [0.15, 0.2) is 17.4 Å². The number of aliphatic hydroxyl groups is 1. The number of nitrogens with one attached hydrogen (secondary N) is 1. The number of aromatic nitrogens is 5. The number of carbonyl (C=O) groups excluding carboxylic acids is 1. The zero-order valence-electron chi connectivity index (χ0n) is 26.7. The van der Waals surface area contributed by atoms with Gasteiger partial charge in [-0.25, -0.2) is 19.2 Å². The summed E-state index contributed by atoms with van der Waals surface area (Å²) in [4.78, 5) is 40.0. The van der Waals surface area contributed by atoms with E-state index in [2.05, 4.69) is 35.1 Å². The Bertz CT molecular complexity index is 1980. The van der Waals surface area contributed by atoms with Crippen LogP contribution in [0.4, 0.5) is 20.6 Å². The highest BCUT2D eigenvalue weighted by Gasteiger charge is 2.25. The number of rotatable bonds is 14. The Morgan fingerprint density at radius 1 is 1.06 bits per heavy atom. The highest BCUT2D eigenvalue weighted by Crippen LogP contribution is 2.41. The van der Waals surface area contributed by atoms with Crippen LogP contribution >= 0.6 is 0 Å². The molecule has 1 unspecified atom stereocenters. The molecule has 3 aromatic carbocycles. The van der Waals surface area contributed by atoms with Crippen LogP contribution < -0.4 is 25.3 Å². The van der Waals surface area contributed by atoms with E-state index in [-0.39, 0.29) is 59.4 Å². The second-order valence-corrected chi connectivity index (χ2v) is 10.2. The van der Waals surface area contributed by atoms with Crippen molar-refractivity contribution in [3.63, 3.8) is 0 Å². The highest BCUT2D eigenvalue weighted by molar-refractivity contribution is 6.08. The first-order valence-corrected chi connectivity index (χ1v) is 14.9. The Morgan fingerprint density at radius 3 is 2.44 bits per heavy atom. The van der Waals surface area contributed by atoms with Crippen LogP contribution in [0.15, 0.2) is 84.1 Å². The number of amides is 1. The summed E-state index contributed by atoms with van der Waals surface area (Å²) in [7, 11) is 1.39. The molecule has 258 valence electrons. The maximum atomic E-state index is 16.2. The van der Waals surface area contributed by atoms with Crippen molar-refractivity contribution >= 4 is 29.3 Å². The first kappa shape index (κ1) is 34.7. The molecule has 0 radical (unpaired) electrons. The van der Waals surface area contributed by atoms with Crippen molar-refractivity contribution in [1.29, 1.82) is 0 Å². The van der Waals surface area contributed by atoms with Crippen LogP contribution in [0.25, 0.3) is 5.95 Å². The van der Waals surface area contributed by atoms with Crippen molar-refractivity contribution in [2.75, 3.05) is 25.6 Å². The fourth-order valence-electron chi connectivity index (χ4n) is 4.55. The monoisotopic (exact) mass is 686 g/mol. The summed E-state index contributed by atoms with van der Waals surface area (Å²) in [5, 5.41) is 25.9. The molecule has 1 amide bonds. The highest BCUT2D eigenvalue weighted by atomic mass is 19.1. The van der Waals surface area contributed by atoms with Gasteiger partial charge >= 0.3 is 12.2 Å². The van der Waals surface area contributed by atoms with E-state index in [0.29, 0.717) is 16.8 Å². The SMILES string of the molecule is COc1cc(Cc2nc(OC(C)OC(=O)O)n(-c3ncccn3)n2)c(F)c(OCCO)c1Nc1ccc(C(N)=NC(=O)c2ccccc2)cc1. The van der Waals surface area contributed by atoms with Crippen molar-refractivity contribution in [2.24, 2.45) is 10.7 Å². The number of hydrogen-bond acceptors (Lipinski definition) is 12. The van der Waals surface area contributed by atoms with Gasteiger partial charge in [0.25, 0.3) is 11.9 Å². The molecule has 17 heteroatoms. The van der Waals surface area contributed by atoms with Gasteiger partial charge in [-0.2, -0.15) is 9.98 Å². The van der Waals surface area contributed by atoms with Gasteiger partial charge in [0.1, 0.15) is 23.9 Å². The summed E-state index contributed by atoms with van der Waals surface area (Å²) >= 11 is 0. The van der Waals surface area contributed by atoms with E-state index in [1.54, 1.807) is 60.7 Å². The van der Waals surface area contributed by atoms with Gasteiger partial charge in [-0.1, -0.05) is 18.2 Å². The van der Waals surface area contributed by atoms with Gasteiger partial charge in [-0.3, -0.25) is 4.79 Å². The number of anilines is 2. The van der Waals surface area contributed by atoms with Crippen LogP contribution in [-0.4, -0.2) is 79.5 Å². The van der Waals surface area contributed by atoms with Crippen LogP contribution in [0.2, 0.25) is 0 Å². The Balaban J connectivity index is 1.44. The Hall–Kier alpha value is -6.62. The first-order valence-electron chi connectivity index (χ1n) is 14.9. The third-order valence-electron chi connectivity index (χ3n) is 6.76. The van der Waals surface area contributed by atoms with Gasteiger partial charge in [-0.15, -0.1) is 9.78 Å². The van der Waals surface area contributed by atoms with E-state index in [1.165, 1.54) is 32.5 Å². The number of amidine groups is 1. The van der Waals surface area contributed by atoms with E-state index >= 15 is 4.39 Å². The second-order valence-electron chi connectivity index (χ2n) is 10.2. The first-order chi connectivity index (χ1) is 24.2. The number of carbonyl (C=O) groups is 2. The average molecular weight is 687 g/mol. The number of nitrogens with zero attached hydrogens (tertiary/aromatic N) is 6. The maximum Gasteiger partial charge on any atom is 0.508 e. The van der Waals surface area contributed by atoms with Gasteiger partial charge in [-0.05, 0) is 48.5 Å². The third-order valence-corrected chi connectivity index (χ3v) is 6.76. The molecule has 0 spiro atoms. The van der Waals surface area contributed by atoms with Crippen LogP contribution in [0.5, 0.6) is 17.5 Å². The lowest BCUT2D eigenvalue weighted by Crippen LogP contribution is -2.21. The number of aliphatic imine (C=N–C) groups is 1. The number of nitrogens with two attached hydrogens (primary N) is 1. The van der Waals surface area contributed by atoms with E-state index in [1.807, 2.05) is 0 Å². The molecule has 0 aliphatic carbocycles. The molecule has 0 aliphatic rings. The molecule has 0 aliphatic heterocycles. The molecule has 2 aromatic heterocycles. The minimum Gasteiger partial charge on any atom is -0.494 e. The number of hydrogen-bond donors (Lipinski definition) is 4. The van der Waals surface area contributed by atoms with E-state index in [4.69, 9.17) is 25.1 Å². The van der Waals surface area contributed by atoms with E-state index in [9.17, 15) is 14.7 Å². The minimum atomic E-state index is -1.57. The number of halogens is 1. The lowest BCUT2D eigenvalue weighted by Gasteiger charge is -2.19. The van der Waals surface area contributed by atoms with Crippen molar-refractivity contribution in [3.8, 4) is 23.5 Å². The van der Waals surface area contributed by atoms with Crippen LogP contribution in [0, 0.1) is 5.82 Å². The topological polar surface area (TPSA) is 218 Å². The predicted molar refractivity (Wildman–Crippen MR) is 176 cm³/mol. The molecule has 50 heavy (non-hydrogen) atoms. The van der Waals surface area contributed by atoms with Crippen LogP contribution in [0.1, 0.15) is 34.2 Å². The van der Waals surface area contributed by atoms with Gasteiger partial charge in [0.05, 0.1) is 13.7 Å². The van der Waals surface area contributed by atoms with Crippen LogP contribution in [0.3, 0.4) is 0 Å². The number of methoxy groups -OCH3 is 1. The smallest absolute Gasteiger partial charge is 0.494 e. The van der Waals surface area contributed by atoms with Crippen molar-refractivity contribution in [3.05, 3.63) is 107 Å². The average Bonchev–Trinajstić information content (AvgIpc) is 3.51. The Kier molecular flexibility index (Phi) is 11.1. The van der Waals surface area contributed by atoms with Crippen molar-refractivity contribution in [1.82, 2.24) is 24.7 Å². The molecule has 0 saturated heterocycles. The third kappa shape index (κ3) is 8.45. The summed E-state index contributed by atoms with van der Waals surface area (Å²) in [6.45, 7) is 0.695. The largest absolute Gasteiger partial charge is 0.508 e. The lowest BCUT2D eigenvalue weighted by atomic mass is 10.1. The molecule has 0 fully saturated rings. The quantitative estimate of drug-likeness (QED) is 0.0564. The second kappa shape index (κ2) is 16.0. The van der Waals surface area contributed by atoms with Crippen molar-refractivity contribution in [2.45, 2.75) is 19.6 Å². The fourth-order valence-corrected chi connectivity index (χ4v) is 4.55. The zero-order chi connectivity index (χ0) is 35.6. The maximum absolute atomic E-state index is 16.2. The summed E-state index contributed by atoms with van der Waals surface area (Å²) in [5.74, 6) is -1.25. The molecular formula is C33H31FN8O8. The standard InChI is InChI=1S/C33H31FN8O8/c1-19(50-33(45)46)49-32-39-25(41-42(32)31-36-13-6-14-37-31)18-22-17-24(47-2)27(28(26(22)34)48-16-15-43)38-23-11-9-20(10-12-23)29(35)40-30(44)21-7-4-3-5-8-21/h3-14,17,19,38,43H,15-16,18H2,1-2H3,(H,45,46)(H2,35,40,44). The summed E-state index contributed by atoms with van der Waals surface area (Å²) in [6.07, 6.45) is -0.148. The summed E-state index contributed by atoms with van der Waals surface area (Å²) < 4.78 is 38.7. The minimum absolute atomic E-state index is 0.0117. The molecular weight excluding hydrogens is 655 g/mol. The Morgan fingerprint density at radius 2 is 1.78 bits per heavy atom. The van der Waals surface area contributed by atoms with Crippen LogP contribution in [-0.2, 0) is 11.2 Å². The molecule has 1 atom stereocenters. The fraction of sp³-hybridized carbons (Fsp3) is 0.182. The lowest BCUT2D eigenvalue weighted by molar-refractivity contribution is -0.0463. The number of benzene rings is 3. The molecule has 5 N–H and O–H groups in total. The van der Waals surface area contributed by atoms with Gasteiger partial charge in [0.2, 0.25) is 6.29 Å². The van der Waals surface area contributed by atoms with Gasteiger partial charge in [0, 0.05) is 48.1 Å². The molecule has 5 rings (SSSR count). The summed E-state index contributed by atoms with van der Waals surface area (Å²) in [6, 6.07) is 17.8. The summed E-state index contributed by atoms with van der Waals surface area (Å²) in [5.41, 5.74) is 7.61. The zero-order valence-corrected chi connectivity index (χ0v) is 26.7. The normalized spacial score (nSPS) is 11.8. The molecule has 0 bridgehead atoms. The van der Waals surface area contributed by atoms with E-state index < -0.39 is 30.8 Å². The number of carboxylic acid groups (broad SMARTS) is 1. The number of aliphatic hydroxyl groups excluding tert-OH is 1. The molecule has 2 heterocycles. The predicted octanol–water partition coefficient (Wildman–Crippen LogP) is 3.88. The molecule has 5 aromatic rings. The molecule has 0 saturated carbocycles. The van der Waals surface area contributed by atoms with Crippen molar-refractivity contribution < 1.29 is 43.1 Å². The Labute approximate surface area is 284 Å². The number of ether oxygens (including phenoxy) is 4. The van der Waals surface area contributed by atoms with Gasteiger partial charge < -0.3 is 40.2 Å². The van der Waals surface area contributed by atoms with E-state index in [0.717, 1.165) is 4.68 Å².